The third-order valence-corrected chi connectivity index (χ3v) is 1.84. The normalized spacial score (nSPS) is 11.5. The van der Waals surface area contributed by atoms with E-state index in [1.165, 1.54) is 0 Å². The molecule has 20 heavy (non-hydrogen) atoms. The van der Waals surface area contributed by atoms with E-state index in [9.17, 15) is 36.9 Å². The molecule has 0 aliphatic rings. The van der Waals surface area contributed by atoms with E-state index in [0.717, 1.165) is 0 Å². The Bertz CT molecular complexity index is 559. The highest BCUT2D eigenvalue weighted by Gasteiger charge is 2.36. The Morgan fingerprint density at radius 3 is 2.35 bits per heavy atom. The van der Waals surface area contributed by atoms with Crippen LogP contribution in [0.25, 0.3) is 0 Å². The van der Waals surface area contributed by atoms with Crippen LogP contribution in [0.1, 0.15) is 22.5 Å². The first-order valence-electron chi connectivity index (χ1n) is 4.49. The molecule has 0 aromatic carbocycles. The van der Waals surface area contributed by atoms with E-state index in [-0.39, 0.29) is 6.07 Å². The number of halogens is 5. The quantitative estimate of drug-likeness (QED) is 0.521. The molecule has 1 heterocycles. The molecule has 1 N–H and O–H groups in total. The van der Waals surface area contributed by atoms with Crippen molar-refractivity contribution in [3.63, 3.8) is 0 Å². The second-order valence-electron chi connectivity index (χ2n) is 3.16. The number of hydrogen-bond donors (Lipinski definition) is 1. The van der Waals surface area contributed by atoms with Gasteiger partial charge in [0.05, 0.1) is 4.92 Å². The predicted octanol–water partition coefficient (Wildman–Crippen LogP) is 2.52. The zero-order valence-corrected chi connectivity index (χ0v) is 9.02. The topological polar surface area (TPSA) is 103 Å². The number of carboxylic acid groups (broad SMARTS) is 1. The largest absolute Gasteiger partial charge is 0.574 e. The van der Waals surface area contributed by atoms with Crippen molar-refractivity contribution in [1.29, 1.82) is 0 Å². The summed E-state index contributed by atoms with van der Waals surface area (Å²) in [6, 6.07) is -0.0390. The van der Waals surface area contributed by atoms with Gasteiger partial charge >= 0.3 is 18.0 Å². The lowest BCUT2D eigenvalue weighted by atomic mass is 10.1. The minimum Gasteiger partial charge on any atom is -0.476 e. The average molecular weight is 302 g/mol. The Labute approximate surface area is 105 Å². The number of pyridine rings is 1. The summed E-state index contributed by atoms with van der Waals surface area (Å²) in [5.41, 5.74) is -4.71. The highest BCUT2D eigenvalue weighted by molar-refractivity contribution is 5.91. The van der Waals surface area contributed by atoms with Gasteiger partial charge in [0.2, 0.25) is 11.6 Å². The lowest BCUT2D eigenvalue weighted by Gasteiger charge is -2.10. The summed E-state index contributed by atoms with van der Waals surface area (Å²) in [5.74, 6) is -3.68. The van der Waals surface area contributed by atoms with Gasteiger partial charge in [0.1, 0.15) is 5.56 Å². The van der Waals surface area contributed by atoms with Crippen LogP contribution < -0.4 is 4.74 Å². The number of aromatic nitrogens is 1. The number of rotatable bonds is 4. The lowest BCUT2D eigenvalue weighted by Crippen LogP contribution is -2.19. The second-order valence-corrected chi connectivity index (χ2v) is 3.16. The van der Waals surface area contributed by atoms with E-state index in [2.05, 4.69) is 9.72 Å². The zero-order chi connectivity index (χ0) is 15.7. The summed E-state index contributed by atoms with van der Waals surface area (Å²) in [5, 5.41) is 19.1. The Balaban J connectivity index is 3.54. The molecule has 0 radical (unpaired) electrons. The molecule has 0 saturated carbocycles. The van der Waals surface area contributed by atoms with Gasteiger partial charge in [-0.15, -0.1) is 13.2 Å². The standard InChI is InChI=1S/C8H3F5N2O5/c9-6(10)2-1-3(20-8(11,12)13)14-4(7(16)17)5(2)15(18)19/h1,6H,(H,16,17). The van der Waals surface area contributed by atoms with Crippen molar-refractivity contribution in [3.05, 3.63) is 27.4 Å². The zero-order valence-electron chi connectivity index (χ0n) is 9.02. The summed E-state index contributed by atoms with van der Waals surface area (Å²) in [6.07, 6.45) is -8.91. The lowest BCUT2D eigenvalue weighted by molar-refractivity contribution is -0.387. The van der Waals surface area contributed by atoms with Crippen LogP contribution in [0.2, 0.25) is 0 Å². The molecule has 0 atom stereocenters. The Morgan fingerprint density at radius 2 is 2.00 bits per heavy atom. The van der Waals surface area contributed by atoms with Crippen LogP contribution in [0, 0.1) is 10.1 Å². The van der Waals surface area contributed by atoms with Gasteiger partial charge in [-0.25, -0.2) is 13.6 Å². The molecular formula is C8H3F5N2O5. The fourth-order valence-electron chi connectivity index (χ4n) is 1.21. The molecule has 110 valence electrons. The summed E-state index contributed by atoms with van der Waals surface area (Å²) in [7, 11) is 0. The maximum atomic E-state index is 12.6. The van der Waals surface area contributed by atoms with Crippen LogP contribution in [0.4, 0.5) is 27.6 Å². The van der Waals surface area contributed by atoms with Crippen LogP contribution in [0.3, 0.4) is 0 Å². The van der Waals surface area contributed by atoms with Crippen molar-refractivity contribution in [3.8, 4) is 5.88 Å². The SMILES string of the molecule is O=C(O)c1nc(OC(F)(F)F)cc(C(F)F)c1[N+](=O)[O-]. The van der Waals surface area contributed by atoms with Gasteiger partial charge in [-0.1, -0.05) is 0 Å². The summed E-state index contributed by atoms with van der Waals surface area (Å²) < 4.78 is 64.2. The van der Waals surface area contributed by atoms with Gasteiger partial charge in [-0.2, -0.15) is 4.98 Å². The minimum absolute atomic E-state index is 0.0390. The first-order valence-corrected chi connectivity index (χ1v) is 4.49. The smallest absolute Gasteiger partial charge is 0.476 e. The van der Waals surface area contributed by atoms with Crippen molar-refractivity contribution in [2.24, 2.45) is 0 Å². The Morgan fingerprint density at radius 1 is 1.45 bits per heavy atom. The van der Waals surface area contributed by atoms with Crippen LogP contribution in [0.5, 0.6) is 5.88 Å². The van der Waals surface area contributed by atoms with Gasteiger partial charge in [0.15, 0.2) is 0 Å². The van der Waals surface area contributed by atoms with Crippen molar-refractivity contribution >= 4 is 11.7 Å². The number of carboxylic acids is 1. The van der Waals surface area contributed by atoms with Gasteiger partial charge in [0.25, 0.3) is 6.43 Å². The maximum absolute atomic E-state index is 12.6. The van der Waals surface area contributed by atoms with Crippen molar-refractivity contribution in [2.75, 3.05) is 0 Å². The van der Waals surface area contributed by atoms with Crippen LogP contribution >= 0.6 is 0 Å². The molecule has 0 fully saturated rings. The molecule has 0 spiro atoms. The monoisotopic (exact) mass is 302 g/mol. The van der Waals surface area contributed by atoms with Gasteiger partial charge in [0, 0.05) is 6.07 Å². The molecule has 0 amide bonds. The Hall–Kier alpha value is -2.53. The molecule has 0 unspecified atom stereocenters. The Kier molecular flexibility index (Phi) is 4.06. The van der Waals surface area contributed by atoms with E-state index < -0.39 is 46.5 Å². The molecule has 0 aliphatic heterocycles. The number of alkyl halides is 5. The van der Waals surface area contributed by atoms with Crippen molar-refractivity contribution in [2.45, 2.75) is 12.8 Å². The highest BCUT2D eigenvalue weighted by Crippen LogP contribution is 2.35. The third-order valence-electron chi connectivity index (χ3n) is 1.84. The van der Waals surface area contributed by atoms with E-state index in [0.29, 0.717) is 0 Å². The van der Waals surface area contributed by atoms with Crippen molar-refractivity contribution in [1.82, 2.24) is 4.98 Å². The highest BCUT2D eigenvalue weighted by atomic mass is 19.4. The number of nitrogens with zero attached hydrogens (tertiary/aromatic N) is 2. The molecule has 1 aromatic heterocycles. The van der Waals surface area contributed by atoms with Gasteiger partial charge in [-0.05, 0) is 0 Å². The van der Waals surface area contributed by atoms with Crippen LogP contribution in [0.15, 0.2) is 6.07 Å². The predicted molar refractivity (Wildman–Crippen MR) is 49.5 cm³/mol. The molecule has 7 nitrogen and oxygen atoms in total. The van der Waals surface area contributed by atoms with E-state index in [1.54, 1.807) is 0 Å². The molecule has 0 bridgehead atoms. The van der Waals surface area contributed by atoms with Gasteiger partial charge < -0.3 is 9.84 Å². The van der Waals surface area contributed by atoms with E-state index >= 15 is 0 Å². The molecule has 0 aliphatic carbocycles. The first-order chi connectivity index (χ1) is 9.03. The number of carbonyl (C=O) groups is 1. The summed E-state index contributed by atoms with van der Waals surface area (Å²) >= 11 is 0. The number of aromatic carboxylic acids is 1. The molecule has 0 saturated heterocycles. The molecule has 1 aromatic rings. The van der Waals surface area contributed by atoms with Crippen LogP contribution in [-0.2, 0) is 0 Å². The molecule has 1 rings (SSSR count). The molecule has 12 heteroatoms. The first kappa shape index (κ1) is 15.5. The summed E-state index contributed by atoms with van der Waals surface area (Å²) in [6.45, 7) is 0. The van der Waals surface area contributed by atoms with E-state index in [1.807, 2.05) is 0 Å². The second kappa shape index (κ2) is 5.22. The molecular weight excluding hydrogens is 299 g/mol. The minimum atomic E-state index is -5.32. The maximum Gasteiger partial charge on any atom is 0.574 e. The van der Waals surface area contributed by atoms with Gasteiger partial charge in [-0.3, -0.25) is 10.1 Å². The van der Waals surface area contributed by atoms with Crippen molar-refractivity contribution < 1.29 is 41.5 Å². The fourth-order valence-corrected chi connectivity index (χ4v) is 1.21. The number of nitro groups is 1. The van der Waals surface area contributed by atoms with E-state index in [4.69, 9.17) is 5.11 Å². The third kappa shape index (κ3) is 3.49. The fraction of sp³-hybridized carbons (Fsp3) is 0.250. The number of hydrogen-bond acceptors (Lipinski definition) is 5. The van der Waals surface area contributed by atoms with Crippen LogP contribution in [-0.4, -0.2) is 27.3 Å². The average Bonchev–Trinajstić information content (AvgIpc) is 2.24. The summed E-state index contributed by atoms with van der Waals surface area (Å²) in [4.78, 5) is 22.5. The number of ether oxygens (including phenoxy) is 1.